The zero-order valence-electron chi connectivity index (χ0n) is 9.58. The second kappa shape index (κ2) is 4.60. The van der Waals surface area contributed by atoms with E-state index in [1.54, 1.807) is 0 Å². The third kappa shape index (κ3) is 2.27. The summed E-state index contributed by atoms with van der Waals surface area (Å²) in [6.45, 7) is 11.3. The highest BCUT2D eigenvalue weighted by atomic mass is 15.3. The van der Waals surface area contributed by atoms with Crippen molar-refractivity contribution in [3.8, 4) is 0 Å². The maximum Gasteiger partial charge on any atom is 0.0351 e. The Balaban J connectivity index is 1.68. The van der Waals surface area contributed by atoms with Crippen LogP contribution in [0.2, 0.25) is 0 Å². The van der Waals surface area contributed by atoms with Crippen molar-refractivity contribution in [3.63, 3.8) is 0 Å². The van der Waals surface area contributed by atoms with Crippen molar-refractivity contribution in [2.45, 2.75) is 19.4 Å². The highest BCUT2D eigenvalue weighted by Crippen LogP contribution is 2.14. The molecule has 2 saturated heterocycles. The molecule has 0 amide bonds. The molecule has 14 heavy (non-hydrogen) atoms. The van der Waals surface area contributed by atoms with Crippen LogP contribution in [0.5, 0.6) is 0 Å². The predicted molar refractivity (Wildman–Crippen MR) is 59.6 cm³/mol. The van der Waals surface area contributed by atoms with Gasteiger partial charge in [-0.15, -0.1) is 0 Å². The van der Waals surface area contributed by atoms with Gasteiger partial charge in [0.1, 0.15) is 0 Å². The van der Waals surface area contributed by atoms with E-state index in [2.05, 4.69) is 28.7 Å². The van der Waals surface area contributed by atoms with Crippen LogP contribution in [0, 0.1) is 0 Å². The number of hydrogen-bond donors (Lipinski definition) is 0. The number of likely N-dealkylation sites (N-methyl/N-ethyl adjacent to an activating group) is 1. The van der Waals surface area contributed by atoms with Crippen LogP contribution in [0.4, 0.5) is 0 Å². The first-order valence-electron chi connectivity index (χ1n) is 5.94. The fraction of sp³-hybridized carbons (Fsp3) is 1.00. The average molecular weight is 197 g/mol. The van der Waals surface area contributed by atoms with Crippen LogP contribution < -0.4 is 0 Å². The van der Waals surface area contributed by atoms with Gasteiger partial charge in [-0.25, -0.2) is 0 Å². The molecular weight excluding hydrogens is 174 g/mol. The summed E-state index contributed by atoms with van der Waals surface area (Å²) in [7, 11) is 2.21. The molecule has 2 heterocycles. The molecule has 0 aliphatic carbocycles. The number of likely N-dealkylation sites (tertiary alicyclic amines) is 1. The zero-order valence-corrected chi connectivity index (χ0v) is 9.58. The molecule has 0 unspecified atom stereocenters. The smallest absolute Gasteiger partial charge is 0.0351 e. The maximum atomic E-state index is 2.67. The van der Waals surface area contributed by atoms with Crippen LogP contribution in [0.15, 0.2) is 0 Å². The van der Waals surface area contributed by atoms with Crippen LogP contribution in [0.3, 0.4) is 0 Å². The van der Waals surface area contributed by atoms with Crippen molar-refractivity contribution in [3.05, 3.63) is 0 Å². The van der Waals surface area contributed by atoms with Crippen LogP contribution in [-0.4, -0.2) is 73.6 Å². The van der Waals surface area contributed by atoms with Gasteiger partial charge in [-0.05, 0) is 20.0 Å². The Labute approximate surface area is 87.7 Å². The first kappa shape index (κ1) is 10.4. The Hall–Kier alpha value is -0.120. The van der Waals surface area contributed by atoms with E-state index in [1.165, 1.54) is 52.2 Å². The maximum absolute atomic E-state index is 2.67. The van der Waals surface area contributed by atoms with Crippen molar-refractivity contribution in [2.75, 3.05) is 52.9 Å². The molecule has 0 bridgehead atoms. The lowest BCUT2D eigenvalue weighted by Crippen LogP contribution is -2.61. The van der Waals surface area contributed by atoms with Gasteiger partial charge < -0.3 is 9.80 Å². The van der Waals surface area contributed by atoms with Crippen LogP contribution in [0.1, 0.15) is 13.3 Å². The Kier molecular flexibility index (Phi) is 3.42. The van der Waals surface area contributed by atoms with Gasteiger partial charge in [-0.1, -0.05) is 6.92 Å². The standard InChI is InChI=1S/C11H23N3/c1-3-4-13-5-7-14(8-6-13)11-9-12(2)10-11/h11H,3-10H2,1-2H3. The minimum absolute atomic E-state index is 0.865. The van der Waals surface area contributed by atoms with Gasteiger partial charge in [0.15, 0.2) is 0 Å². The van der Waals surface area contributed by atoms with Crippen molar-refractivity contribution >= 4 is 0 Å². The van der Waals surface area contributed by atoms with Gasteiger partial charge >= 0.3 is 0 Å². The molecule has 0 aromatic heterocycles. The van der Waals surface area contributed by atoms with Crippen molar-refractivity contribution in [1.82, 2.24) is 14.7 Å². The van der Waals surface area contributed by atoms with Gasteiger partial charge in [-0.3, -0.25) is 4.90 Å². The lowest BCUT2D eigenvalue weighted by atomic mass is 10.1. The summed E-state index contributed by atoms with van der Waals surface area (Å²) in [5.74, 6) is 0. The molecule has 82 valence electrons. The largest absolute Gasteiger partial charge is 0.303 e. The SMILES string of the molecule is CCCN1CCN(C2CN(C)C2)CC1. The molecule has 2 aliphatic rings. The lowest BCUT2D eigenvalue weighted by molar-refractivity contribution is 0.0179. The fourth-order valence-corrected chi connectivity index (χ4v) is 2.57. The average Bonchev–Trinajstić information content (AvgIpc) is 2.15. The van der Waals surface area contributed by atoms with Gasteiger partial charge in [0.2, 0.25) is 0 Å². The highest BCUT2D eigenvalue weighted by molar-refractivity contribution is 4.88. The highest BCUT2D eigenvalue weighted by Gasteiger charge is 2.30. The normalized spacial score (nSPS) is 27.9. The van der Waals surface area contributed by atoms with E-state index >= 15 is 0 Å². The predicted octanol–water partition coefficient (Wildman–Crippen LogP) is 0.328. The Morgan fingerprint density at radius 2 is 1.71 bits per heavy atom. The molecule has 2 aliphatic heterocycles. The Morgan fingerprint density at radius 3 is 2.21 bits per heavy atom. The van der Waals surface area contributed by atoms with E-state index in [9.17, 15) is 0 Å². The first-order chi connectivity index (χ1) is 6.79. The molecule has 0 radical (unpaired) electrons. The Morgan fingerprint density at radius 1 is 1.07 bits per heavy atom. The summed E-state index contributed by atoms with van der Waals surface area (Å²) in [5, 5.41) is 0. The molecule has 2 rings (SSSR count). The molecule has 0 atom stereocenters. The quantitative estimate of drug-likeness (QED) is 0.645. The van der Waals surface area contributed by atoms with Crippen LogP contribution in [-0.2, 0) is 0 Å². The van der Waals surface area contributed by atoms with Crippen LogP contribution in [0.25, 0.3) is 0 Å². The molecule has 2 fully saturated rings. The summed E-state index contributed by atoms with van der Waals surface area (Å²) >= 11 is 0. The van der Waals surface area contributed by atoms with E-state index in [0.29, 0.717) is 0 Å². The summed E-state index contributed by atoms with van der Waals surface area (Å²) in [4.78, 5) is 7.67. The van der Waals surface area contributed by atoms with Crippen LogP contribution >= 0.6 is 0 Å². The number of piperazine rings is 1. The summed E-state index contributed by atoms with van der Waals surface area (Å²) in [5.41, 5.74) is 0. The molecule has 0 aromatic rings. The van der Waals surface area contributed by atoms with E-state index in [0.717, 1.165) is 6.04 Å². The van der Waals surface area contributed by atoms with Crippen molar-refractivity contribution < 1.29 is 0 Å². The molecule has 0 saturated carbocycles. The third-order valence-electron chi connectivity index (χ3n) is 3.51. The zero-order chi connectivity index (χ0) is 9.97. The summed E-state index contributed by atoms with van der Waals surface area (Å²) < 4.78 is 0. The molecule has 0 spiro atoms. The van der Waals surface area contributed by atoms with Gasteiger partial charge in [0, 0.05) is 45.3 Å². The molecule has 0 N–H and O–H groups in total. The van der Waals surface area contributed by atoms with E-state index in [-0.39, 0.29) is 0 Å². The lowest BCUT2D eigenvalue weighted by Gasteiger charge is -2.47. The van der Waals surface area contributed by atoms with E-state index < -0.39 is 0 Å². The first-order valence-corrected chi connectivity index (χ1v) is 5.94. The topological polar surface area (TPSA) is 9.72 Å². The number of nitrogens with zero attached hydrogens (tertiary/aromatic N) is 3. The second-order valence-electron chi connectivity index (χ2n) is 4.75. The Bertz CT molecular complexity index is 169. The second-order valence-corrected chi connectivity index (χ2v) is 4.75. The molecule has 0 aromatic carbocycles. The van der Waals surface area contributed by atoms with Gasteiger partial charge in [0.25, 0.3) is 0 Å². The monoisotopic (exact) mass is 197 g/mol. The number of hydrogen-bond acceptors (Lipinski definition) is 3. The number of rotatable bonds is 3. The third-order valence-corrected chi connectivity index (χ3v) is 3.51. The fourth-order valence-electron chi connectivity index (χ4n) is 2.57. The minimum atomic E-state index is 0.865. The van der Waals surface area contributed by atoms with Crippen molar-refractivity contribution in [2.24, 2.45) is 0 Å². The van der Waals surface area contributed by atoms with Gasteiger partial charge in [-0.2, -0.15) is 0 Å². The molecule has 3 heteroatoms. The van der Waals surface area contributed by atoms with E-state index in [1.807, 2.05) is 0 Å². The summed E-state index contributed by atoms with van der Waals surface area (Å²) in [6, 6.07) is 0.865. The van der Waals surface area contributed by atoms with Gasteiger partial charge in [0.05, 0.1) is 0 Å². The molecule has 3 nitrogen and oxygen atoms in total. The van der Waals surface area contributed by atoms with E-state index in [4.69, 9.17) is 0 Å². The van der Waals surface area contributed by atoms with Crippen molar-refractivity contribution in [1.29, 1.82) is 0 Å². The summed E-state index contributed by atoms with van der Waals surface area (Å²) in [6.07, 6.45) is 1.30. The minimum Gasteiger partial charge on any atom is -0.303 e. The molecular formula is C11H23N3.